The van der Waals surface area contributed by atoms with E-state index in [4.69, 9.17) is 0 Å². The first-order valence-corrected chi connectivity index (χ1v) is 19.7. The number of rotatable bonds is 4. The fraction of sp³-hybridized carbons (Fsp3) is 0. The summed E-state index contributed by atoms with van der Waals surface area (Å²) in [6.07, 6.45) is 0. The minimum atomic E-state index is 1.16. The molecule has 256 valence electrons. The zero-order chi connectivity index (χ0) is 36.0. The largest absolute Gasteiger partial charge is 0.309 e. The first kappa shape index (κ1) is 30.5. The van der Waals surface area contributed by atoms with Gasteiger partial charge in [-0.25, -0.2) is 0 Å². The molecule has 3 heteroatoms. The fourth-order valence-electron chi connectivity index (χ4n) is 8.95. The van der Waals surface area contributed by atoms with Gasteiger partial charge in [0.15, 0.2) is 0 Å². The maximum absolute atomic E-state index is 2.49. The van der Waals surface area contributed by atoms with Crippen LogP contribution in [0.1, 0.15) is 0 Å². The smallest absolute Gasteiger partial charge is 0.0619 e. The summed E-state index contributed by atoms with van der Waals surface area (Å²) in [4.78, 5) is 0. The van der Waals surface area contributed by atoms with Crippen molar-refractivity contribution in [3.05, 3.63) is 194 Å². The van der Waals surface area contributed by atoms with Gasteiger partial charge in [0.1, 0.15) is 0 Å². The third-order valence-corrected chi connectivity index (χ3v) is 12.6. The van der Waals surface area contributed by atoms with Gasteiger partial charge in [-0.3, -0.25) is 0 Å². The van der Waals surface area contributed by atoms with Gasteiger partial charge in [-0.2, -0.15) is 0 Å². The molecule has 0 saturated heterocycles. The Morgan fingerprint density at radius 3 is 1.67 bits per heavy atom. The van der Waals surface area contributed by atoms with Gasteiger partial charge in [-0.05, 0) is 88.3 Å². The van der Waals surface area contributed by atoms with E-state index < -0.39 is 0 Å². The highest BCUT2D eigenvalue weighted by molar-refractivity contribution is 7.25. The molecule has 3 aromatic heterocycles. The van der Waals surface area contributed by atoms with Gasteiger partial charge in [-0.15, -0.1) is 11.3 Å². The van der Waals surface area contributed by atoms with Crippen molar-refractivity contribution in [1.82, 2.24) is 9.13 Å². The topological polar surface area (TPSA) is 9.86 Å². The van der Waals surface area contributed by atoms with E-state index in [0.717, 1.165) is 5.69 Å². The Balaban J connectivity index is 1.04. The molecular formula is C52H32N2S. The normalized spacial score (nSPS) is 12.0. The zero-order valence-electron chi connectivity index (χ0n) is 29.8. The standard InChI is InChI=1S/C52H32N2S/c1-2-10-33(11-3-1)34-18-23-38(24-19-34)53-47-16-8-6-14-41(47)45-30-36(21-28-48(45)53)37-22-29-49-46(31-37)44-26-20-35-12-4-5-13-40(35)52(44)54(49)39-25-27-43-42-15-7-9-17-50(42)55-51(43)32-39/h1-32H. The van der Waals surface area contributed by atoms with Crippen LogP contribution in [0, 0.1) is 0 Å². The van der Waals surface area contributed by atoms with Gasteiger partial charge in [0.05, 0.1) is 22.1 Å². The van der Waals surface area contributed by atoms with E-state index >= 15 is 0 Å². The van der Waals surface area contributed by atoms with Gasteiger partial charge in [0.2, 0.25) is 0 Å². The molecule has 0 aliphatic heterocycles. The van der Waals surface area contributed by atoms with Crippen LogP contribution in [0.5, 0.6) is 0 Å². The first-order valence-electron chi connectivity index (χ1n) is 18.8. The summed E-state index contributed by atoms with van der Waals surface area (Å²) in [5, 5.41) is 10.2. The molecule has 3 heterocycles. The molecule has 0 aliphatic rings. The lowest BCUT2D eigenvalue weighted by Crippen LogP contribution is -1.94. The van der Waals surface area contributed by atoms with Crippen LogP contribution in [-0.4, -0.2) is 9.13 Å². The first-order chi connectivity index (χ1) is 27.3. The van der Waals surface area contributed by atoms with Crippen LogP contribution < -0.4 is 0 Å². The van der Waals surface area contributed by atoms with Crippen LogP contribution >= 0.6 is 11.3 Å². The van der Waals surface area contributed by atoms with Crippen molar-refractivity contribution in [2.75, 3.05) is 0 Å². The van der Waals surface area contributed by atoms with Gasteiger partial charge in [0, 0.05) is 58.5 Å². The molecule has 2 nitrogen and oxygen atoms in total. The molecule has 0 aliphatic carbocycles. The van der Waals surface area contributed by atoms with Crippen LogP contribution in [0.25, 0.3) is 108 Å². The number of hydrogen-bond acceptors (Lipinski definition) is 1. The van der Waals surface area contributed by atoms with E-state index in [0.29, 0.717) is 0 Å². The Morgan fingerprint density at radius 1 is 0.291 bits per heavy atom. The summed E-state index contributed by atoms with van der Waals surface area (Å²) in [5.41, 5.74) is 12.1. The minimum Gasteiger partial charge on any atom is -0.309 e. The second kappa shape index (κ2) is 11.8. The lowest BCUT2D eigenvalue weighted by atomic mass is 10.00. The molecule has 55 heavy (non-hydrogen) atoms. The third kappa shape index (κ3) is 4.60. The molecule has 0 bridgehead atoms. The molecule has 0 fully saturated rings. The van der Waals surface area contributed by atoms with E-state index in [1.807, 2.05) is 11.3 Å². The second-order valence-corrected chi connectivity index (χ2v) is 15.6. The van der Waals surface area contributed by atoms with Gasteiger partial charge < -0.3 is 9.13 Å². The maximum atomic E-state index is 2.49. The predicted molar refractivity (Wildman–Crippen MR) is 236 cm³/mol. The quantitative estimate of drug-likeness (QED) is 0.172. The molecule has 12 rings (SSSR count). The van der Waals surface area contributed by atoms with Gasteiger partial charge in [-0.1, -0.05) is 133 Å². The summed E-state index contributed by atoms with van der Waals surface area (Å²) < 4.78 is 7.53. The van der Waals surface area contributed by atoms with Crippen molar-refractivity contribution >= 4 is 85.9 Å². The number of aromatic nitrogens is 2. The van der Waals surface area contributed by atoms with Crippen molar-refractivity contribution in [1.29, 1.82) is 0 Å². The molecule has 0 radical (unpaired) electrons. The van der Waals surface area contributed by atoms with E-state index in [1.54, 1.807) is 0 Å². The number of hydrogen-bond donors (Lipinski definition) is 0. The summed E-state index contributed by atoms with van der Waals surface area (Å²) in [5.74, 6) is 0. The van der Waals surface area contributed by atoms with Crippen molar-refractivity contribution in [3.8, 4) is 33.6 Å². The molecule has 0 atom stereocenters. The Hall–Kier alpha value is -6.94. The van der Waals surface area contributed by atoms with Crippen molar-refractivity contribution in [2.24, 2.45) is 0 Å². The van der Waals surface area contributed by atoms with E-state index in [-0.39, 0.29) is 0 Å². The molecule has 0 spiro atoms. The number of nitrogens with zero attached hydrogens (tertiary/aromatic N) is 2. The average molecular weight is 717 g/mol. The number of para-hydroxylation sites is 1. The monoisotopic (exact) mass is 716 g/mol. The zero-order valence-corrected chi connectivity index (χ0v) is 30.6. The van der Waals surface area contributed by atoms with Crippen LogP contribution in [0.3, 0.4) is 0 Å². The van der Waals surface area contributed by atoms with Crippen molar-refractivity contribution < 1.29 is 0 Å². The van der Waals surface area contributed by atoms with Crippen LogP contribution in [0.2, 0.25) is 0 Å². The highest BCUT2D eigenvalue weighted by Gasteiger charge is 2.18. The highest BCUT2D eigenvalue weighted by Crippen LogP contribution is 2.42. The van der Waals surface area contributed by atoms with E-state index in [2.05, 4.69) is 203 Å². The van der Waals surface area contributed by atoms with Crippen molar-refractivity contribution in [3.63, 3.8) is 0 Å². The number of thiophene rings is 1. The van der Waals surface area contributed by atoms with Gasteiger partial charge >= 0.3 is 0 Å². The molecule has 12 aromatic rings. The molecule has 9 aromatic carbocycles. The molecular weight excluding hydrogens is 685 g/mol. The Labute approximate surface area is 321 Å². The Morgan fingerprint density at radius 2 is 0.855 bits per heavy atom. The second-order valence-electron chi connectivity index (χ2n) is 14.5. The van der Waals surface area contributed by atoms with Crippen LogP contribution in [0.15, 0.2) is 194 Å². The molecule has 0 saturated carbocycles. The number of fused-ring (bicyclic) bond motifs is 11. The lowest BCUT2D eigenvalue weighted by Gasteiger charge is -2.11. The molecule has 0 unspecified atom stereocenters. The Bertz CT molecular complexity index is 3470. The van der Waals surface area contributed by atoms with Crippen LogP contribution in [-0.2, 0) is 0 Å². The highest BCUT2D eigenvalue weighted by atomic mass is 32.1. The van der Waals surface area contributed by atoms with Crippen molar-refractivity contribution in [2.45, 2.75) is 0 Å². The van der Waals surface area contributed by atoms with Crippen LogP contribution in [0.4, 0.5) is 0 Å². The summed E-state index contributed by atoms with van der Waals surface area (Å²) >= 11 is 1.87. The van der Waals surface area contributed by atoms with E-state index in [1.165, 1.54) is 102 Å². The summed E-state index contributed by atoms with van der Waals surface area (Å²) in [7, 11) is 0. The van der Waals surface area contributed by atoms with Gasteiger partial charge in [0.25, 0.3) is 0 Å². The van der Waals surface area contributed by atoms with E-state index in [9.17, 15) is 0 Å². The predicted octanol–water partition coefficient (Wildman–Crippen LogP) is 14.7. The lowest BCUT2D eigenvalue weighted by molar-refractivity contribution is 1.18. The SMILES string of the molecule is c1ccc(-c2ccc(-n3c4ccccc4c4cc(-c5ccc6c(c5)c5ccc7ccccc7c5n6-c5ccc6c(c5)sc5ccccc56)ccc43)cc2)cc1. The molecule has 0 amide bonds. The average Bonchev–Trinajstić information content (AvgIpc) is 3.91. The minimum absolute atomic E-state index is 1.16. The Kier molecular flexibility index (Phi) is 6.54. The fourth-order valence-corrected chi connectivity index (χ4v) is 10.1. The molecule has 0 N–H and O–H groups in total. The maximum Gasteiger partial charge on any atom is 0.0619 e. The number of benzene rings is 9. The summed E-state index contributed by atoms with van der Waals surface area (Å²) in [6.45, 7) is 0. The summed E-state index contributed by atoms with van der Waals surface area (Å²) in [6, 6.07) is 71.5. The third-order valence-electron chi connectivity index (χ3n) is 11.5.